The van der Waals surface area contributed by atoms with Crippen LogP contribution in [0.25, 0.3) is 0 Å². The maximum Gasteiger partial charge on any atom is 0.327 e. The Morgan fingerprint density at radius 1 is 1.40 bits per heavy atom. The van der Waals surface area contributed by atoms with Crippen LogP contribution in [0.15, 0.2) is 0 Å². The summed E-state index contributed by atoms with van der Waals surface area (Å²) in [7, 11) is 0. The number of esters is 1. The molecule has 1 fully saturated rings. The fourth-order valence-electron chi connectivity index (χ4n) is 1.91. The zero-order valence-electron chi connectivity index (χ0n) is 16.8. The van der Waals surface area contributed by atoms with Gasteiger partial charge >= 0.3 is 5.97 Å². The summed E-state index contributed by atoms with van der Waals surface area (Å²) < 4.78 is 27.4. The molecule has 25 heavy (non-hydrogen) atoms. The smallest absolute Gasteiger partial charge is 0.327 e. The number of nitrogens with one attached hydrogen (secondary N) is 3. The van der Waals surface area contributed by atoms with Gasteiger partial charge < -0.3 is 15.6 Å². The number of ether oxygens (including phenoxy) is 1. The van der Waals surface area contributed by atoms with Gasteiger partial charge in [-0.2, -0.15) is 0 Å². The Morgan fingerprint density at radius 2 is 2.00 bits per heavy atom. The number of hydrazine groups is 1. The Kier molecular flexibility index (Phi) is 8.53. The summed E-state index contributed by atoms with van der Waals surface area (Å²) in [6.07, 6.45) is 4.05. The number of amides is 1. The van der Waals surface area contributed by atoms with E-state index in [9.17, 15) is 9.59 Å². The zero-order valence-corrected chi connectivity index (χ0v) is 13.8. The molecule has 1 amide bonds. The monoisotopic (exact) mass is 361 g/mol. The molecule has 1 aliphatic rings. The molecule has 11 heteroatoms. The van der Waals surface area contributed by atoms with Crippen molar-refractivity contribution < 1.29 is 28.3 Å². The fraction of sp³-hybridized carbons (Fsp3) is 0.643. The number of cyclic esters (lactones) is 1. The minimum absolute atomic E-state index is 0.175. The number of guanidine groups is 2. The van der Waals surface area contributed by atoms with E-state index in [0.717, 1.165) is 19.3 Å². The van der Waals surface area contributed by atoms with E-state index in [0.29, 0.717) is 22.9 Å². The molecule has 0 unspecified atom stereocenters. The van der Waals surface area contributed by atoms with Crippen LogP contribution in [-0.4, -0.2) is 65.5 Å². The van der Waals surface area contributed by atoms with E-state index in [1.54, 1.807) is 0 Å². The molecule has 1 saturated heterocycles. The fourth-order valence-corrected chi connectivity index (χ4v) is 1.91. The predicted molar refractivity (Wildman–Crippen MR) is 89.6 cm³/mol. The molecule has 6 N–H and O–H groups in total. The van der Waals surface area contributed by atoms with Crippen molar-refractivity contribution >= 4 is 30.3 Å². The van der Waals surface area contributed by atoms with Crippen molar-refractivity contribution in [3.05, 3.63) is 0 Å². The molecule has 11 nitrogen and oxygen atoms in total. The van der Waals surface area contributed by atoms with Crippen LogP contribution >= 0.6 is 0 Å². The Bertz CT molecular complexity index is 572. The lowest BCUT2D eigenvalue weighted by Gasteiger charge is -2.32. The second-order valence-electron chi connectivity index (χ2n) is 5.00. The number of nitrogens with zero attached hydrogens (tertiary/aromatic N) is 2. The van der Waals surface area contributed by atoms with Gasteiger partial charge in [0.25, 0.3) is 6.47 Å². The Labute approximate surface area is 150 Å². The third-order valence-corrected chi connectivity index (χ3v) is 3.08. The molecule has 1 heterocycles. The molecule has 0 bridgehead atoms. The maximum absolute atomic E-state index is 11.9. The number of carboxylic acid groups (broad SMARTS) is 1. The third kappa shape index (κ3) is 9.79. The highest BCUT2D eigenvalue weighted by Crippen LogP contribution is 2.07. The molecule has 0 radical (unpaired) electrons. The van der Waals surface area contributed by atoms with Crippen LogP contribution in [0.3, 0.4) is 0 Å². The number of hydrogen-bond acceptors (Lipinski definition) is 6. The highest BCUT2D eigenvalue weighted by molar-refractivity contribution is 5.97. The minimum atomic E-state index is -2.92. The van der Waals surface area contributed by atoms with E-state index in [1.807, 2.05) is 0 Å². The van der Waals surface area contributed by atoms with Crippen LogP contribution in [0.5, 0.6) is 0 Å². The average molecular weight is 361 g/mol. The summed E-state index contributed by atoms with van der Waals surface area (Å²) in [4.78, 5) is 32.2. The SMILES string of the molecule is O=CO.[2H]C([2H])([2H])N(C(=N)N)N1CC(=O)OCCCCCCCC(=O)NC1=N. The zero-order chi connectivity index (χ0) is 21.7. The molecular formula is C14H26N6O5. The molecule has 0 spiro atoms. The quantitative estimate of drug-likeness (QED) is 0.183. The van der Waals surface area contributed by atoms with Crippen LogP contribution in [0.4, 0.5) is 0 Å². The molecule has 0 aromatic rings. The Hall–Kier alpha value is -2.85. The van der Waals surface area contributed by atoms with Crippen LogP contribution in [-0.2, 0) is 19.1 Å². The minimum Gasteiger partial charge on any atom is -0.483 e. The first kappa shape index (κ1) is 17.0. The Morgan fingerprint density at radius 3 is 2.60 bits per heavy atom. The summed E-state index contributed by atoms with van der Waals surface area (Å²) in [6.45, 7) is -3.66. The van der Waals surface area contributed by atoms with Crippen molar-refractivity contribution in [2.24, 2.45) is 5.73 Å². The second kappa shape index (κ2) is 12.6. The largest absolute Gasteiger partial charge is 0.483 e. The topological polar surface area (TPSA) is 173 Å². The second-order valence-corrected chi connectivity index (χ2v) is 5.00. The van der Waals surface area contributed by atoms with Gasteiger partial charge in [0.2, 0.25) is 17.8 Å². The predicted octanol–water partition coefficient (Wildman–Crippen LogP) is -0.322. The van der Waals surface area contributed by atoms with Crippen LogP contribution in [0, 0.1) is 10.8 Å². The highest BCUT2D eigenvalue weighted by atomic mass is 16.5. The van der Waals surface area contributed by atoms with Gasteiger partial charge in [-0.15, -0.1) is 0 Å². The lowest BCUT2D eigenvalue weighted by atomic mass is 10.1. The number of rotatable bonds is 1. The molecule has 0 aliphatic carbocycles. The van der Waals surface area contributed by atoms with Gasteiger partial charge in [0, 0.05) is 17.5 Å². The summed E-state index contributed by atoms with van der Waals surface area (Å²) >= 11 is 0. The first-order valence-electron chi connectivity index (χ1n) is 9.08. The van der Waals surface area contributed by atoms with E-state index in [2.05, 4.69) is 5.32 Å². The van der Waals surface area contributed by atoms with Crippen molar-refractivity contribution in [1.29, 1.82) is 10.8 Å². The van der Waals surface area contributed by atoms with E-state index in [-0.39, 0.29) is 19.5 Å². The number of carbonyl (C=O) groups excluding carboxylic acids is 2. The molecule has 0 aromatic carbocycles. The number of carbonyl (C=O) groups is 3. The normalized spacial score (nSPS) is 19.4. The lowest BCUT2D eigenvalue weighted by molar-refractivity contribution is -0.146. The summed E-state index contributed by atoms with van der Waals surface area (Å²) in [5.74, 6) is -2.82. The van der Waals surface area contributed by atoms with E-state index < -0.39 is 37.3 Å². The molecular weight excluding hydrogens is 332 g/mol. The number of nitrogens with two attached hydrogens (primary N) is 1. The van der Waals surface area contributed by atoms with Crippen molar-refractivity contribution in [1.82, 2.24) is 15.3 Å². The van der Waals surface area contributed by atoms with Gasteiger partial charge in [0.1, 0.15) is 6.54 Å². The van der Waals surface area contributed by atoms with E-state index in [1.165, 1.54) is 0 Å². The van der Waals surface area contributed by atoms with Gasteiger partial charge in [-0.1, -0.05) is 19.3 Å². The van der Waals surface area contributed by atoms with E-state index in [4.69, 9.17) is 35.3 Å². The first-order chi connectivity index (χ1) is 13.0. The molecule has 1 rings (SSSR count). The molecule has 0 aromatic heterocycles. The van der Waals surface area contributed by atoms with Gasteiger partial charge in [-0.25, -0.2) is 5.01 Å². The molecule has 0 atom stereocenters. The third-order valence-electron chi connectivity index (χ3n) is 3.08. The van der Waals surface area contributed by atoms with Gasteiger partial charge in [0.05, 0.1) is 6.61 Å². The first-order valence-corrected chi connectivity index (χ1v) is 7.58. The summed E-state index contributed by atoms with van der Waals surface area (Å²) in [5.41, 5.74) is 5.30. The Balaban J connectivity index is 0.00000227. The van der Waals surface area contributed by atoms with Crippen LogP contribution < -0.4 is 11.1 Å². The van der Waals surface area contributed by atoms with Gasteiger partial charge in [-0.3, -0.25) is 35.5 Å². The molecule has 142 valence electrons. The number of hydrogen-bond donors (Lipinski definition) is 5. The van der Waals surface area contributed by atoms with Crippen molar-refractivity contribution in [2.45, 2.75) is 38.5 Å². The van der Waals surface area contributed by atoms with Crippen molar-refractivity contribution in [3.63, 3.8) is 0 Å². The van der Waals surface area contributed by atoms with Crippen LogP contribution in [0.2, 0.25) is 0 Å². The highest BCUT2D eigenvalue weighted by Gasteiger charge is 2.22. The standard InChI is InChI=1S/C13H24N6O3.CH2O2/c1-18(12(14)15)19-9-11(21)22-8-6-4-2-3-5-7-10(20)17-13(19)16;2-1-3/h2-9H2,1H3,(H3,14,15)(H2,16,17,20);1H,(H,2,3)/i1D3;. The maximum atomic E-state index is 11.9. The van der Waals surface area contributed by atoms with Gasteiger partial charge in [-0.05, 0) is 12.8 Å². The summed E-state index contributed by atoms with van der Waals surface area (Å²) in [6, 6.07) is 0. The average Bonchev–Trinajstić information content (AvgIpc) is 2.55. The van der Waals surface area contributed by atoms with Gasteiger partial charge in [0.15, 0.2) is 0 Å². The van der Waals surface area contributed by atoms with Crippen LogP contribution in [0.1, 0.15) is 42.6 Å². The molecule has 1 aliphatic heterocycles. The lowest BCUT2D eigenvalue weighted by Crippen LogP contribution is -2.56. The van der Waals surface area contributed by atoms with Crippen molar-refractivity contribution in [2.75, 3.05) is 20.1 Å². The summed E-state index contributed by atoms with van der Waals surface area (Å²) in [5, 5.41) is 25.4. The van der Waals surface area contributed by atoms with Crippen molar-refractivity contribution in [3.8, 4) is 0 Å². The van der Waals surface area contributed by atoms with E-state index >= 15 is 0 Å². The molecule has 0 saturated carbocycles.